The molecule has 0 atom stereocenters. The molecule has 3 aromatic rings. The second kappa shape index (κ2) is 13.9. The highest BCUT2D eigenvalue weighted by molar-refractivity contribution is 6.11. The Hall–Kier alpha value is -2.07. The van der Waals surface area contributed by atoms with Gasteiger partial charge in [-0.05, 0) is 54.4 Å². The van der Waals surface area contributed by atoms with Gasteiger partial charge in [-0.2, -0.15) is 0 Å². The molecule has 0 saturated carbocycles. The van der Waals surface area contributed by atoms with E-state index < -0.39 is 0 Å². The third-order valence-electron chi connectivity index (χ3n) is 5.38. The van der Waals surface area contributed by atoms with Crippen molar-refractivity contribution in [3.8, 4) is 16.9 Å². The Morgan fingerprint density at radius 1 is 1.03 bits per heavy atom. The van der Waals surface area contributed by atoms with Crippen molar-refractivity contribution in [3.63, 3.8) is 0 Å². The number of hydrogen-bond donors (Lipinski definition) is 2. The van der Waals surface area contributed by atoms with E-state index >= 15 is 0 Å². The van der Waals surface area contributed by atoms with Gasteiger partial charge in [-0.25, -0.2) is 0 Å². The molecule has 11 heteroatoms. The fourth-order valence-electron chi connectivity index (χ4n) is 3.97. The van der Waals surface area contributed by atoms with Gasteiger partial charge in [0.1, 0.15) is 5.75 Å². The normalized spacial score (nSPS) is 10.8. The third-order valence-corrected chi connectivity index (χ3v) is 5.38. The molecule has 1 aromatic carbocycles. The van der Waals surface area contributed by atoms with E-state index in [2.05, 4.69) is 14.9 Å². The molecule has 2 N–H and O–H groups in total. The Morgan fingerprint density at radius 3 is 2.17 bits per heavy atom. The molecule has 2 aromatic heterocycles. The minimum atomic E-state index is -0.144. The first-order chi connectivity index (χ1) is 15.1. The van der Waals surface area contributed by atoms with Crippen molar-refractivity contribution < 1.29 is 9.90 Å². The van der Waals surface area contributed by atoms with Crippen LogP contribution in [0.4, 0.5) is 0 Å². The van der Waals surface area contributed by atoms with Gasteiger partial charge in [0.05, 0.1) is 17.7 Å². The van der Waals surface area contributed by atoms with Crippen LogP contribution >= 0.6 is 37.2 Å². The zero-order valence-electron chi connectivity index (χ0n) is 21.3. The molecular formula is C24H37Cl3N6O2. The zero-order valence-corrected chi connectivity index (χ0v) is 23.8. The molecule has 8 nitrogen and oxygen atoms in total. The van der Waals surface area contributed by atoms with Crippen LogP contribution in [0.25, 0.3) is 22.0 Å². The SMILES string of the molecule is CN(C)CNC(=O)c1c(CN(C)C)n(C)c2cc(-c3cccnc3)c(O)c(CN(C)C)c12.Cl.Cl.Cl. The summed E-state index contributed by atoms with van der Waals surface area (Å²) in [5, 5.41) is 15.2. The summed E-state index contributed by atoms with van der Waals surface area (Å²) in [7, 11) is 13.7. The van der Waals surface area contributed by atoms with Crippen molar-refractivity contribution >= 4 is 54.0 Å². The number of carbonyl (C=O) groups is 1. The summed E-state index contributed by atoms with van der Waals surface area (Å²) in [5.41, 5.74) is 4.71. The van der Waals surface area contributed by atoms with Crippen LogP contribution in [0.3, 0.4) is 0 Å². The van der Waals surface area contributed by atoms with Gasteiger partial charge in [0.2, 0.25) is 0 Å². The first kappa shape index (κ1) is 32.9. The molecule has 1 amide bonds. The highest BCUT2D eigenvalue weighted by Crippen LogP contribution is 2.41. The second-order valence-corrected chi connectivity index (χ2v) is 8.99. The zero-order chi connectivity index (χ0) is 23.6. The molecule has 196 valence electrons. The van der Waals surface area contributed by atoms with Crippen LogP contribution in [-0.2, 0) is 20.1 Å². The molecule has 0 radical (unpaired) electrons. The molecular weight excluding hydrogens is 511 g/mol. The number of rotatable bonds is 8. The minimum Gasteiger partial charge on any atom is -0.507 e. The predicted molar refractivity (Wildman–Crippen MR) is 150 cm³/mol. The van der Waals surface area contributed by atoms with Crippen LogP contribution in [0, 0.1) is 0 Å². The Balaban J connectivity index is 0.00000385. The molecule has 0 bridgehead atoms. The van der Waals surface area contributed by atoms with Crippen molar-refractivity contribution in [2.45, 2.75) is 13.1 Å². The van der Waals surface area contributed by atoms with Gasteiger partial charge in [-0.3, -0.25) is 14.7 Å². The lowest BCUT2D eigenvalue weighted by atomic mass is 9.96. The van der Waals surface area contributed by atoms with Gasteiger partial charge in [0.25, 0.3) is 5.91 Å². The topological polar surface area (TPSA) is 76.9 Å². The maximum Gasteiger partial charge on any atom is 0.254 e. The van der Waals surface area contributed by atoms with Crippen molar-refractivity contribution in [1.82, 2.24) is 29.6 Å². The molecule has 0 aliphatic carbocycles. The van der Waals surface area contributed by atoms with Gasteiger partial charge in [0, 0.05) is 60.3 Å². The van der Waals surface area contributed by atoms with Crippen molar-refractivity contribution in [1.29, 1.82) is 0 Å². The highest BCUT2D eigenvalue weighted by atomic mass is 35.5. The number of benzene rings is 1. The number of carbonyl (C=O) groups excluding carboxylic acids is 1. The fraction of sp³-hybridized carbons (Fsp3) is 0.417. The second-order valence-electron chi connectivity index (χ2n) is 8.99. The number of fused-ring (bicyclic) bond motifs is 1. The lowest BCUT2D eigenvalue weighted by molar-refractivity contribution is 0.0935. The number of amides is 1. The van der Waals surface area contributed by atoms with Crippen LogP contribution in [0.1, 0.15) is 21.6 Å². The summed E-state index contributed by atoms with van der Waals surface area (Å²) in [6.07, 6.45) is 3.46. The molecule has 0 unspecified atom stereocenters. The summed E-state index contributed by atoms with van der Waals surface area (Å²) in [4.78, 5) is 23.6. The van der Waals surface area contributed by atoms with Gasteiger partial charge in [0.15, 0.2) is 0 Å². The van der Waals surface area contributed by atoms with E-state index in [1.54, 1.807) is 12.4 Å². The molecule has 0 aliphatic rings. The number of nitrogens with zero attached hydrogens (tertiary/aromatic N) is 5. The molecule has 0 fully saturated rings. The van der Waals surface area contributed by atoms with E-state index in [1.165, 1.54) is 0 Å². The molecule has 0 aliphatic heterocycles. The maximum atomic E-state index is 13.4. The van der Waals surface area contributed by atoms with E-state index in [4.69, 9.17) is 0 Å². The number of phenols is 1. The average molecular weight is 548 g/mol. The van der Waals surface area contributed by atoms with E-state index in [0.29, 0.717) is 30.9 Å². The number of pyridine rings is 1. The number of halogens is 3. The summed E-state index contributed by atoms with van der Waals surface area (Å²) in [6, 6.07) is 5.75. The van der Waals surface area contributed by atoms with Gasteiger partial charge in [-0.1, -0.05) is 6.07 Å². The maximum absolute atomic E-state index is 13.4. The van der Waals surface area contributed by atoms with Crippen LogP contribution in [0.15, 0.2) is 30.6 Å². The van der Waals surface area contributed by atoms with Crippen molar-refractivity contribution in [2.75, 3.05) is 49.0 Å². The van der Waals surface area contributed by atoms with E-state index in [1.807, 2.05) is 82.2 Å². The average Bonchev–Trinajstić information content (AvgIpc) is 2.99. The number of phenolic OH excluding ortho intramolecular Hbond substituents is 1. The van der Waals surface area contributed by atoms with E-state index in [-0.39, 0.29) is 48.9 Å². The van der Waals surface area contributed by atoms with E-state index in [9.17, 15) is 9.90 Å². The number of aromatic hydroxyl groups is 1. The predicted octanol–water partition coefficient (Wildman–Crippen LogP) is 3.58. The largest absolute Gasteiger partial charge is 0.507 e. The molecule has 0 spiro atoms. The molecule has 3 rings (SSSR count). The van der Waals surface area contributed by atoms with Crippen LogP contribution in [0.5, 0.6) is 5.75 Å². The third kappa shape index (κ3) is 7.22. The first-order valence-corrected chi connectivity index (χ1v) is 10.6. The Bertz CT molecular complexity index is 1120. The van der Waals surface area contributed by atoms with Gasteiger partial charge < -0.3 is 24.8 Å². The molecule has 35 heavy (non-hydrogen) atoms. The summed E-state index contributed by atoms with van der Waals surface area (Å²) < 4.78 is 2.07. The Morgan fingerprint density at radius 2 is 1.66 bits per heavy atom. The number of hydrogen-bond acceptors (Lipinski definition) is 6. The number of aryl methyl sites for hydroxylation is 1. The van der Waals surface area contributed by atoms with Gasteiger partial charge in [-0.15, -0.1) is 37.2 Å². The highest BCUT2D eigenvalue weighted by Gasteiger charge is 2.27. The minimum absolute atomic E-state index is 0. The smallest absolute Gasteiger partial charge is 0.254 e. The lowest BCUT2D eigenvalue weighted by Crippen LogP contribution is -2.34. The van der Waals surface area contributed by atoms with Crippen LogP contribution < -0.4 is 5.32 Å². The fourth-order valence-corrected chi connectivity index (χ4v) is 3.97. The quantitative estimate of drug-likeness (QED) is 0.420. The summed E-state index contributed by atoms with van der Waals surface area (Å²) in [6.45, 7) is 1.52. The monoisotopic (exact) mass is 546 g/mol. The molecule has 2 heterocycles. The van der Waals surface area contributed by atoms with Crippen LogP contribution in [0.2, 0.25) is 0 Å². The Kier molecular flexibility index (Phi) is 13.0. The van der Waals surface area contributed by atoms with Crippen molar-refractivity contribution in [3.05, 3.63) is 47.4 Å². The first-order valence-electron chi connectivity index (χ1n) is 10.6. The number of nitrogens with one attached hydrogen (secondary N) is 1. The standard InChI is InChI=1S/C24H34N6O2.3ClH/c1-27(2)13-18-21-19(11-17(23(18)31)16-9-8-10-25-12-16)30(7)20(14-28(3)4)22(21)24(32)26-15-29(5)6;;;/h8-12,31H,13-15H2,1-7H3,(H,26,32);3*1H. The van der Waals surface area contributed by atoms with Gasteiger partial charge >= 0.3 is 0 Å². The summed E-state index contributed by atoms with van der Waals surface area (Å²) >= 11 is 0. The Labute approximate surface area is 226 Å². The van der Waals surface area contributed by atoms with E-state index in [0.717, 1.165) is 27.7 Å². The van der Waals surface area contributed by atoms with Crippen molar-refractivity contribution in [2.24, 2.45) is 7.05 Å². The van der Waals surface area contributed by atoms with Crippen LogP contribution in [-0.4, -0.2) is 84.2 Å². The number of aromatic nitrogens is 2. The lowest BCUT2D eigenvalue weighted by Gasteiger charge is -2.17. The summed E-state index contributed by atoms with van der Waals surface area (Å²) in [5.74, 6) is 0.0394. The molecule has 0 saturated heterocycles.